The second-order valence-corrected chi connectivity index (χ2v) is 8.16. The van der Waals surface area contributed by atoms with E-state index in [-0.39, 0.29) is 10.7 Å². The summed E-state index contributed by atoms with van der Waals surface area (Å²) >= 11 is 3.47. The van der Waals surface area contributed by atoms with Crippen LogP contribution in [0.5, 0.6) is 0 Å². The molecule has 0 spiro atoms. The van der Waals surface area contributed by atoms with Gasteiger partial charge in [0.1, 0.15) is 0 Å². The van der Waals surface area contributed by atoms with Crippen LogP contribution in [0.25, 0.3) is 0 Å². The molecule has 0 unspecified atom stereocenters. The predicted molar refractivity (Wildman–Crippen MR) is 109 cm³/mol. The van der Waals surface area contributed by atoms with Crippen LogP contribution in [0.2, 0.25) is 0 Å². The maximum absolute atomic E-state index is 12.8. The average molecular weight is 429 g/mol. The van der Waals surface area contributed by atoms with Crippen LogP contribution >= 0.6 is 15.9 Å². The smallest absolute Gasteiger partial charge is 0.284 e. The molecule has 0 aliphatic rings. The van der Waals surface area contributed by atoms with Crippen LogP contribution in [0.3, 0.4) is 0 Å². The highest BCUT2D eigenvalue weighted by molar-refractivity contribution is 9.10. The van der Waals surface area contributed by atoms with E-state index in [1.165, 1.54) is 0 Å². The fourth-order valence-electron chi connectivity index (χ4n) is 2.33. The van der Waals surface area contributed by atoms with E-state index >= 15 is 0 Å². The van der Waals surface area contributed by atoms with Gasteiger partial charge in [0.25, 0.3) is 10.0 Å². The first-order valence-electron chi connectivity index (χ1n) is 7.94. The Hall–Kier alpha value is -2.44. The molecular weight excluding hydrogens is 412 g/mol. The van der Waals surface area contributed by atoms with Crippen molar-refractivity contribution in [1.29, 1.82) is 0 Å². The number of nitrogens with zero attached hydrogens (tertiary/aromatic N) is 1. The van der Waals surface area contributed by atoms with Gasteiger partial charge in [-0.3, -0.25) is 0 Å². The number of hydrogen-bond donors (Lipinski definition) is 1. The molecule has 26 heavy (non-hydrogen) atoms. The lowest BCUT2D eigenvalue weighted by atomic mass is 10.2. The Labute approximate surface area is 161 Å². The summed E-state index contributed by atoms with van der Waals surface area (Å²) in [6.45, 7) is 1.91. The molecule has 0 amide bonds. The van der Waals surface area contributed by atoms with Crippen molar-refractivity contribution in [2.24, 2.45) is 4.40 Å². The zero-order chi connectivity index (χ0) is 18.6. The van der Waals surface area contributed by atoms with Crippen LogP contribution in [0, 0.1) is 6.92 Å². The number of halogens is 1. The molecule has 0 aliphatic carbocycles. The lowest BCUT2D eigenvalue weighted by Gasteiger charge is -2.12. The Kier molecular flexibility index (Phi) is 5.54. The van der Waals surface area contributed by atoms with Gasteiger partial charge in [-0.25, -0.2) is 0 Å². The topological polar surface area (TPSA) is 58.5 Å². The first-order chi connectivity index (χ1) is 12.5. The Balaban J connectivity index is 2.09. The number of hydrogen-bond acceptors (Lipinski definition) is 2. The second-order valence-electron chi connectivity index (χ2n) is 5.70. The van der Waals surface area contributed by atoms with Gasteiger partial charge in [0, 0.05) is 15.7 Å². The number of rotatable bonds is 4. The summed E-state index contributed by atoms with van der Waals surface area (Å²) in [6, 6.07) is 23.3. The van der Waals surface area contributed by atoms with Crippen LogP contribution < -0.4 is 5.32 Å². The molecule has 4 nitrogen and oxygen atoms in total. The maximum Gasteiger partial charge on any atom is 0.284 e. The SMILES string of the molecule is Cc1ccc(S(=O)(=O)N=C(Nc2ccccc2)c2ccccc2Br)cc1. The minimum absolute atomic E-state index is 0.155. The predicted octanol–water partition coefficient (Wildman–Crippen LogP) is 5.01. The maximum atomic E-state index is 12.8. The van der Waals surface area contributed by atoms with E-state index in [9.17, 15) is 8.42 Å². The fraction of sp³-hybridized carbons (Fsp3) is 0.0500. The summed E-state index contributed by atoms with van der Waals surface area (Å²) in [5, 5.41) is 3.11. The van der Waals surface area contributed by atoms with E-state index < -0.39 is 10.0 Å². The molecule has 0 saturated carbocycles. The van der Waals surface area contributed by atoms with Crippen molar-refractivity contribution in [3.8, 4) is 0 Å². The zero-order valence-corrected chi connectivity index (χ0v) is 16.5. The Morgan fingerprint density at radius 3 is 2.15 bits per heavy atom. The second kappa shape index (κ2) is 7.85. The van der Waals surface area contributed by atoms with Crippen molar-refractivity contribution < 1.29 is 8.42 Å². The lowest BCUT2D eigenvalue weighted by molar-refractivity contribution is 0.598. The van der Waals surface area contributed by atoms with Crippen molar-refractivity contribution in [3.05, 3.63) is 94.5 Å². The van der Waals surface area contributed by atoms with Crippen LogP contribution in [0.1, 0.15) is 11.1 Å². The minimum atomic E-state index is -3.86. The van der Waals surface area contributed by atoms with Crippen LogP contribution in [-0.4, -0.2) is 14.3 Å². The third kappa shape index (κ3) is 4.39. The third-order valence-corrected chi connectivity index (χ3v) is 5.68. The Bertz CT molecular complexity index is 1030. The first kappa shape index (κ1) is 18.4. The van der Waals surface area contributed by atoms with E-state index in [2.05, 4.69) is 25.6 Å². The molecule has 1 N–H and O–H groups in total. The number of amidine groups is 1. The van der Waals surface area contributed by atoms with Gasteiger partial charge in [-0.15, -0.1) is 4.40 Å². The highest BCUT2D eigenvalue weighted by Gasteiger charge is 2.17. The van der Waals surface area contributed by atoms with Gasteiger partial charge >= 0.3 is 0 Å². The first-order valence-corrected chi connectivity index (χ1v) is 10.2. The summed E-state index contributed by atoms with van der Waals surface area (Å²) in [4.78, 5) is 0.155. The Morgan fingerprint density at radius 2 is 1.50 bits per heavy atom. The molecule has 0 heterocycles. The molecular formula is C20H17BrN2O2S. The quantitative estimate of drug-likeness (QED) is 0.469. The molecule has 0 aliphatic heterocycles. The van der Waals surface area contributed by atoms with Gasteiger partial charge < -0.3 is 5.32 Å². The lowest BCUT2D eigenvalue weighted by Crippen LogP contribution is -2.17. The molecule has 0 saturated heterocycles. The molecule has 0 atom stereocenters. The number of aryl methyl sites for hydroxylation is 1. The number of benzene rings is 3. The summed E-state index contributed by atoms with van der Waals surface area (Å²) < 4.78 is 30.4. The molecule has 3 rings (SSSR count). The number of anilines is 1. The Morgan fingerprint density at radius 1 is 0.885 bits per heavy atom. The molecule has 0 aromatic heterocycles. The molecule has 6 heteroatoms. The van der Waals surface area contributed by atoms with Crippen LogP contribution in [0.4, 0.5) is 5.69 Å². The van der Waals surface area contributed by atoms with Gasteiger partial charge in [0.05, 0.1) is 4.90 Å². The largest absolute Gasteiger partial charge is 0.339 e. The molecule has 0 fully saturated rings. The van der Waals surface area contributed by atoms with Crippen LogP contribution in [0.15, 0.2) is 92.6 Å². The fourth-order valence-corrected chi connectivity index (χ4v) is 3.78. The van der Waals surface area contributed by atoms with Gasteiger partial charge in [0.2, 0.25) is 0 Å². The standard InChI is InChI=1S/C20H17BrN2O2S/c1-15-11-13-17(14-12-15)26(24,25)23-20(18-9-5-6-10-19(18)21)22-16-7-3-2-4-8-16/h2-14H,1H3,(H,22,23). The molecule has 3 aromatic rings. The van der Waals surface area contributed by atoms with Crippen molar-refractivity contribution in [1.82, 2.24) is 0 Å². The zero-order valence-electron chi connectivity index (χ0n) is 14.1. The summed E-state index contributed by atoms with van der Waals surface area (Å²) in [7, 11) is -3.86. The number of sulfonamides is 1. The highest BCUT2D eigenvalue weighted by atomic mass is 79.9. The van der Waals surface area contributed by atoms with Crippen molar-refractivity contribution in [2.75, 3.05) is 5.32 Å². The van der Waals surface area contributed by atoms with Crippen molar-refractivity contribution in [3.63, 3.8) is 0 Å². The van der Waals surface area contributed by atoms with Gasteiger partial charge in [-0.1, -0.05) is 70.0 Å². The van der Waals surface area contributed by atoms with E-state index in [1.807, 2.05) is 61.5 Å². The summed E-state index contributed by atoms with van der Waals surface area (Å²) in [5.74, 6) is 0.254. The summed E-state index contributed by atoms with van der Waals surface area (Å²) in [6.07, 6.45) is 0. The normalized spacial score (nSPS) is 12.0. The van der Waals surface area contributed by atoms with E-state index in [0.717, 1.165) is 15.7 Å². The minimum Gasteiger partial charge on any atom is -0.339 e. The van der Waals surface area contributed by atoms with Crippen molar-refractivity contribution >= 4 is 37.5 Å². The number of para-hydroxylation sites is 1. The monoisotopic (exact) mass is 428 g/mol. The van der Waals surface area contributed by atoms with Crippen LogP contribution in [-0.2, 0) is 10.0 Å². The molecule has 0 radical (unpaired) electrons. The van der Waals surface area contributed by atoms with Crippen molar-refractivity contribution in [2.45, 2.75) is 11.8 Å². The number of nitrogens with one attached hydrogen (secondary N) is 1. The van der Waals surface area contributed by atoms with Gasteiger partial charge in [-0.2, -0.15) is 8.42 Å². The third-order valence-electron chi connectivity index (χ3n) is 3.70. The van der Waals surface area contributed by atoms with Gasteiger partial charge in [-0.05, 0) is 37.3 Å². The molecule has 0 bridgehead atoms. The summed E-state index contributed by atoms with van der Waals surface area (Å²) in [5.41, 5.74) is 2.40. The van der Waals surface area contributed by atoms with E-state index in [0.29, 0.717) is 5.56 Å². The van der Waals surface area contributed by atoms with E-state index in [1.54, 1.807) is 24.3 Å². The highest BCUT2D eigenvalue weighted by Crippen LogP contribution is 2.21. The van der Waals surface area contributed by atoms with Gasteiger partial charge in [0.15, 0.2) is 5.84 Å². The molecule has 132 valence electrons. The van der Waals surface area contributed by atoms with E-state index in [4.69, 9.17) is 0 Å². The molecule has 3 aromatic carbocycles. The average Bonchev–Trinajstić information content (AvgIpc) is 2.63.